The summed E-state index contributed by atoms with van der Waals surface area (Å²) >= 11 is 0. The molecule has 0 aliphatic carbocycles. The molecule has 0 amide bonds. The lowest BCUT2D eigenvalue weighted by atomic mass is 9.89. The molecule has 8 nitrogen and oxygen atoms in total. The number of piperidine rings is 1. The van der Waals surface area contributed by atoms with Gasteiger partial charge in [0.05, 0.1) is 18.2 Å². The van der Waals surface area contributed by atoms with Crippen molar-refractivity contribution in [1.29, 1.82) is 0 Å². The smallest absolute Gasteiger partial charge is 0.253 e. The lowest BCUT2D eigenvalue weighted by molar-refractivity contribution is 0.0892. The van der Waals surface area contributed by atoms with Gasteiger partial charge in [0.25, 0.3) is 5.56 Å². The largest absolute Gasteiger partial charge is 0.376 e. The van der Waals surface area contributed by atoms with Crippen LogP contribution in [0, 0.1) is 12.8 Å². The predicted octanol–water partition coefficient (Wildman–Crippen LogP) is 4.05. The van der Waals surface area contributed by atoms with Gasteiger partial charge >= 0.3 is 0 Å². The van der Waals surface area contributed by atoms with Crippen LogP contribution in [0.4, 0.5) is 0 Å². The molecule has 2 atom stereocenters. The number of pyridine rings is 1. The molecule has 8 heteroatoms. The molecule has 37 heavy (non-hydrogen) atoms. The molecule has 2 saturated heterocycles. The molecule has 2 aromatic heterocycles. The summed E-state index contributed by atoms with van der Waals surface area (Å²) in [7, 11) is 0. The van der Waals surface area contributed by atoms with E-state index in [2.05, 4.69) is 61.8 Å². The van der Waals surface area contributed by atoms with Crippen molar-refractivity contribution in [2.75, 3.05) is 19.7 Å². The van der Waals surface area contributed by atoms with Gasteiger partial charge in [-0.05, 0) is 91.0 Å². The number of rotatable bonds is 7. The van der Waals surface area contributed by atoms with Crippen LogP contribution in [-0.2, 0) is 17.7 Å². The molecule has 4 aromatic rings. The maximum atomic E-state index is 13.5. The minimum atomic E-state index is -0.317. The highest BCUT2D eigenvalue weighted by Crippen LogP contribution is 2.32. The molecule has 2 aliphatic heterocycles. The van der Waals surface area contributed by atoms with Crippen molar-refractivity contribution in [3.05, 3.63) is 87.5 Å². The quantitative estimate of drug-likeness (QED) is 0.414. The van der Waals surface area contributed by atoms with Crippen LogP contribution in [0.5, 0.6) is 0 Å². The lowest BCUT2D eigenvalue weighted by Crippen LogP contribution is -2.41. The van der Waals surface area contributed by atoms with Crippen LogP contribution < -0.4 is 5.56 Å². The highest BCUT2D eigenvalue weighted by Gasteiger charge is 2.34. The van der Waals surface area contributed by atoms with E-state index in [0.717, 1.165) is 74.1 Å². The number of aromatic amines is 1. The molecule has 192 valence electrons. The summed E-state index contributed by atoms with van der Waals surface area (Å²) in [5, 5.41) is 13.9. The zero-order valence-electron chi connectivity index (χ0n) is 21.3. The highest BCUT2D eigenvalue weighted by molar-refractivity contribution is 5.82. The molecule has 1 N–H and O–H groups in total. The summed E-state index contributed by atoms with van der Waals surface area (Å²) in [5.74, 6) is 1.34. The Balaban J connectivity index is 1.33. The summed E-state index contributed by atoms with van der Waals surface area (Å²) in [4.78, 5) is 19.1. The third kappa shape index (κ3) is 5.08. The van der Waals surface area contributed by atoms with Crippen molar-refractivity contribution in [2.24, 2.45) is 5.92 Å². The Morgan fingerprint density at radius 1 is 1.08 bits per heavy atom. The summed E-state index contributed by atoms with van der Waals surface area (Å²) in [6.45, 7) is 5.19. The van der Waals surface area contributed by atoms with Crippen LogP contribution in [0.3, 0.4) is 0 Å². The number of benzene rings is 2. The first kappa shape index (κ1) is 24.0. The van der Waals surface area contributed by atoms with Crippen LogP contribution in [0.1, 0.15) is 54.2 Å². The van der Waals surface area contributed by atoms with Gasteiger partial charge in [-0.1, -0.05) is 48.5 Å². The van der Waals surface area contributed by atoms with Gasteiger partial charge in [-0.3, -0.25) is 9.69 Å². The Bertz CT molecular complexity index is 1400. The lowest BCUT2D eigenvalue weighted by Gasteiger charge is -2.37. The van der Waals surface area contributed by atoms with Crippen molar-refractivity contribution < 1.29 is 4.74 Å². The Morgan fingerprint density at radius 3 is 2.70 bits per heavy atom. The molecular weight excluding hydrogens is 464 g/mol. The van der Waals surface area contributed by atoms with Gasteiger partial charge < -0.3 is 9.72 Å². The van der Waals surface area contributed by atoms with Crippen LogP contribution in [-0.4, -0.2) is 55.9 Å². The molecule has 0 bridgehead atoms. The third-order valence-electron chi connectivity index (χ3n) is 8.00. The maximum absolute atomic E-state index is 13.5. The van der Waals surface area contributed by atoms with E-state index in [4.69, 9.17) is 4.74 Å². The minimum Gasteiger partial charge on any atom is -0.376 e. The van der Waals surface area contributed by atoms with Crippen molar-refractivity contribution in [1.82, 2.24) is 30.1 Å². The molecule has 0 spiro atoms. The first-order valence-electron chi connectivity index (χ1n) is 13.4. The molecule has 0 radical (unpaired) electrons. The van der Waals surface area contributed by atoms with Gasteiger partial charge in [0, 0.05) is 12.2 Å². The topological polar surface area (TPSA) is 88.9 Å². The van der Waals surface area contributed by atoms with Gasteiger partial charge in [0.15, 0.2) is 5.82 Å². The van der Waals surface area contributed by atoms with Gasteiger partial charge in [0.2, 0.25) is 0 Å². The van der Waals surface area contributed by atoms with Crippen molar-refractivity contribution in [2.45, 2.75) is 57.7 Å². The number of nitrogens with one attached hydrogen (secondary N) is 1. The zero-order chi connectivity index (χ0) is 25.2. The van der Waals surface area contributed by atoms with E-state index in [1.54, 1.807) is 0 Å². The molecular formula is C29H34N6O2. The number of H-pyrrole nitrogens is 1. The molecule has 0 unspecified atom stereocenters. The number of para-hydroxylation sites is 1. The van der Waals surface area contributed by atoms with E-state index >= 15 is 0 Å². The SMILES string of the molecule is Cc1cccc2cc([C@@H](c3nnnn3C[C@H]3CCCO3)N3CCC(Cc4ccccc4)CC3)c(=O)[nH]c12. The number of ether oxygens (including phenoxy) is 1. The summed E-state index contributed by atoms with van der Waals surface area (Å²) in [6, 6.07) is 18.6. The number of aromatic nitrogens is 5. The summed E-state index contributed by atoms with van der Waals surface area (Å²) in [5.41, 5.74) is 3.95. The third-order valence-corrected chi connectivity index (χ3v) is 8.00. The fourth-order valence-electron chi connectivity index (χ4n) is 5.98. The maximum Gasteiger partial charge on any atom is 0.253 e. The Labute approximate surface area is 216 Å². The standard InChI is InChI=1S/C29H34N6O2/c1-20-7-5-10-23-18-25(29(36)30-26(20)23)27(28-31-32-33-35(28)19-24-11-6-16-37-24)34-14-12-22(13-15-34)17-21-8-3-2-4-9-21/h2-5,7-10,18,22,24,27H,6,11-17,19H2,1H3,(H,30,36)/t24-,27+/m1/s1. The first-order valence-corrected chi connectivity index (χ1v) is 13.4. The molecule has 0 saturated carbocycles. The predicted molar refractivity (Wildman–Crippen MR) is 142 cm³/mol. The Kier molecular flexibility index (Phi) is 6.85. The molecule has 6 rings (SSSR count). The second kappa shape index (κ2) is 10.6. The van der Waals surface area contributed by atoms with Gasteiger partial charge in [0.1, 0.15) is 6.04 Å². The molecule has 2 fully saturated rings. The molecule has 4 heterocycles. The van der Waals surface area contributed by atoms with E-state index in [1.807, 2.05) is 29.8 Å². The number of hydrogen-bond donors (Lipinski definition) is 1. The van der Waals surface area contributed by atoms with Crippen molar-refractivity contribution in [3.63, 3.8) is 0 Å². The molecule has 2 aromatic carbocycles. The second-order valence-corrected chi connectivity index (χ2v) is 10.5. The number of hydrogen-bond acceptors (Lipinski definition) is 6. The highest BCUT2D eigenvalue weighted by atomic mass is 16.5. The second-order valence-electron chi connectivity index (χ2n) is 10.5. The van der Waals surface area contributed by atoms with E-state index in [9.17, 15) is 4.79 Å². The van der Waals surface area contributed by atoms with Crippen LogP contribution in [0.15, 0.2) is 59.4 Å². The fourth-order valence-corrected chi connectivity index (χ4v) is 5.98. The molecule has 2 aliphatic rings. The first-order chi connectivity index (χ1) is 18.2. The van der Waals surface area contributed by atoms with Gasteiger partial charge in [-0.25, -0.2) is 4.68 Å². The van der Waals surface area contributed by atoms with Crippen LogP contribution >= 0.6 is 0 Å². The minimum absolute atomic E-state index is 0.0788. The summed E-state index contributed by atoms with van der Waals surface area (Å²) in [6.07, 6.45) is 5.41. The van der Waals surface area contributed by atoms with Gasteiger partial charge in [-0.2, -0.15) is 0 Å². The van der Waals surface area contributed by atoms with Crippen molar-refractivity contribution in [3.8, 4) is 0 Å². The number of likely N-dealkylation sites (tertiary alicyclic amines) is 1. The number of tetrazole rings is 1. The van der Waals surface area contributed by atoms with E-state index in [-0.39, 0.29) is 17.7 Å². The van der Waals surface area contributed by atoms with Crippen molar-refractivity contribution >= 4 is 10.9 Å². The number of aryl methyl sites for hydroxylation is 1. The van der Waals surface area contributed by atoms with Crippen LogP contribution in [0.25, 0.3) is 10.9 Å². The van der Waals surface area contributed by atoms with E-state index in [1.165, 1.54) is 5.56 Å². The fraction of sp³-hybridized carbons (Fsp3) is 0.448. The number of nitrogens with zero attached hydrogens (tertiary/aromatic N) is 5. The monoisotopic (exact) mass is 498 g/mol. The Morgan fingerprint density at radius 2 is 1.92 bits per heavy atom. The average Bonchev–Trinajstić information content (AvgIpc) is 3.60. The van der Waals surface area contributed by atoms with E-state index in [0.29, 0.717) is 18.0 Å². The van der Waals surface area contributed by atoms with Gasteiger partial charge in [-0.15, -0.1) is 5.10 Å². The summed E-state index contributed by atoms with van der Waals surface area (Å²) < 4.78 is 7.74. The van der Waals surface area contributed by atoms with Crippen LogP contribution in [0.2, 0.25) is 0 Å². The van der Waals surface area contributed by atoms with E-state index < -0.39 is 0 Å². The normalized spacial score (nSPS) is 20.0. The average molecular weight is 499 g/mol. The zero-order valence-corrected chi connectivity index (χ0v) is 21.3. The number of fused-ring (bicyclic) bond motifs is 1. The Hall–Kier alpha value is -3.36.